The zero-order chi connectivity index (χ0) is 26.1. The maximum atomic E-state index is 13.5. The predicted octanol–water partition coefficient (Wildman–Crippen LogP) is 3.93. The maximum absolute atomic E-state index is 13.5. The summed E-state index contributed by atoms with van der Waals surface area (Å²) in [6, 6.07) is 22.6. The van der Waals surface area contributed by atoms with Gasteiger partial charge in [-0.25, -0.2) is 10.0 Å². The number of hydrazone groups is 1. The molecule has 0 spiro atoms. The van der Waals surface area contributed by atoms with E-state index in [-0.39, 0.29) is 18.7 Å². The smallest absolute Gasteiger partial charge is 0.303 e. The molecule has 186 valence electrons. The third kappa shape index (κ3) is 5.02. The van der Waals surface area contributed by atoms with Crippen LogP contribution in [0, 0.1) is 12.8 Å². The molecule has 0 fully saturated rings. The number of benzene rings is 3. The summed E-state index contributed by atoms with van der Waals surface area (Å²) in [7, 11) is 0. The van der Waals surface area contributed by atoms with Crippen LogP contribution in [0.2, 0.25) is 0 Å². The van der Waals surface area contributed by atoms with E-state index in [1.807, 2.05) is 79.7 Å². The van der Waals surface area contributed by atoms with E-state index in [1.54, 1.807) is 0 Å². The van der Waals surface area contributed by atoms with Gasteiger partial charge < -0.3 is 5.11 Å². The Bertz CT molecular complexity index is 1550. The molecule has 0 saturated heterocycles. The highest BCUT2D eigenvalue weighted by atomic mass is 79.9. The van der Waals surface area contributed by atoms with Crippen LogP contribution in [0.1, 0.15) is 42.0 Å². The molecule has 7 nitrogen and oxygen atoms in total. The van der Waals surface area contributed by atoms with Crippen LogP contribution in [0.25, 0.3) is 5.57 Å². The molecule has 1 N–H and O–H groups in total. The number of carbonyl (C=O) groups is 3. The van der Waals surface area contributed by atoms with Gasteiger partial charge in [0.1, 0.15) is 5.92 Å². The molecule has 5 rings (SSSR count). The maximum Gasteiger partial charge on any atom is 0.303 e. The molecular formula is C29H24BrN3O4. The molecular weight excluding hydrogens is 534 g/mol. The van der Waals surface area contributed by atoms with E-state index in [4.69, 9.17) is 5.11 Å². The number of hydrogen-bond donors (Lipinski definition) is 1. The Morgan fingerprint density at radius 1 is 1.03 bits per heavy atom. The Balaban J connectivity index is 1.64. The van der Waals surface area contributed by atoms with E-state index in [1.165, 1.54) is 5.01 Å². The zero-order valence-electron chi connectivity index (χ0n) is 20.1. The molecule has 2 unspecified atom stereocenters. The quantitative estimate of drug-likeness (QED) is 0.496. The summed E-state index contributed by atoms with van der Waals surface area (Å²) in [4.78, 5) is 42.2. The molecule has 2 atom stereocenters. The fourth-order valence-electron chi connectivity index (χ4n) is 4.89. The number of fused-ring (bicyclic) bond motifs is 1. The van der Waals surface area contributed by atoms with Crippen LogP contribution in [0.15, 0.2) is 87.4 Å². The molecule has 0 aliphatic carbocycles. The second-order valence-corrected chi connectivity index (χ2v) is 10.1. The number of halogens is 1. The van der Waals surface area contributed by atoms with Crippen LogP contribution >= 0.6 is 15.9 Å². The van der Waals surface area contributed by atoms with Gasteiger partial charge in [-0.15, -0.1) is 0 Å². The number of nitrogens with zero attached hydrogens (tertiary/aromatic N) is 3. The number of carboxylic acid groups (broad SMARTS) is 1. The average molecular weight is 558 g/mol. The van der Waals surface area contributed by atoms with Gasteiger partial charge in [-0.05, 0) is 47.9 Å². The van der Waals surface area contributed by atoms with Crippen LogP contribution in [0.4, 0.5) is 0 Å². The van der Waals surface area contributed by atoms with Crippen molar-refractivity contribution < 1.29 is 19.5 Å². The van der Waals surface area contributed by atoms with Crippen molar-refractivity contribution in [2.45, 2.75) is 32.2 Å². The summed E-state index contributed by atoms with van der Waals surface area (Å²) in [5, 5.41) is 16.6. The van der Waals surface area contributed by atoms with Crippen LogP contribution in [-0.4, -0.2) is 33.6 Å². The lowest BCUT2D eigenvalue weighted by Gasteiger charge is -2.22. The molecule has 3 aromatic carbocycles. The summed E-state index contributed by atoms with van der Waals surface area (Å²) >= 11 is 3.44. The van der Waals surface area contributed by atoms with Gasteiger partial charge in [0.2, 0.25) is 5.91 Å². The minimum Gasteiger partial charge on any atom is -0.481 e. The lowest BCUT2D eigenvalue weighted by atomic mass is 9.82. The zero-order valence-corrected chi connectivity index (χ0v) is 21.7. The number of carboxylic acids is 1. The molecule has 2 heterocycles. The van der Waals surface area contributed by atoms with Gasteiger partial charge in [0.15, 0.2) is 0 Å². The van der Waals surface area contributed by atoms with Crippen molar-refractivity contribution in [1.82, 2.24) is 5.01 Å². The number of aryl methyl sites for hydroxylation is 1. The highest BCUT2D eigenvalue weighted by molar-refractivity contribution is 9.10. The number of carbonyl (C=O) groups excluding carboxylic acids is 2. The lowest BCUT2D eigenvalue weighted by molar-refractivity contribution is -0.141. The van der Waals surface area contributed by atoms with Gasteiger partial charge in [-0.3, -0.25) is 14.4 Å². The molecule has 8 heteroatoms. The largest absolute Gasteiger partial charge is 0.481 e. The molecule has 2 aliphatic heterocycles. The van der Waals surface area contributed by atoms with Crippen LogP contribution < -0.4 is 10.6 Å². The summed E-state index contributed by atoms with van der Waals surface area (Å²) in [5.41, 5.74) is 4.13. The summed E-state index contributed by atoms with van der Waals surface area (Å²) < 4.78 is 0.895. The van der Waals surface area contributed by atoms with Gasteiger partial charge in [-0.1, -0.05) is 70.0 Å². The second kappa shape index (κ2) is 10.2. The molecule has 37 heavy (non-hydrogen) atoms. The molecule has 0 aromatic heterocycles. The first-order valence-corrected chi connectivity index (χ1v) is 12.8. The molecule has 0 radical (unpaired) electrons. The summed E-state index contributed by atoms with van der Waals surface area (Å²) in [6.45, 7) is 1.99. The van der Waals surface area contributed by atoms with E-state index in [9.17, 15) is 14.4 Å². The lowest BCUT2D eigenvalue weighted by Crippen LogP contribution is -2.40. The van der Waals surface area contributed by atoms with E-state index < -0.39 is 23.8 Å². The van der Waals surface area contributed by atoms with E-state index in [2.05, 4.69) is 26.0 Å². The fourth-order valence-corrected chi connectivity index (χ4v) is 5.15. The molecule has 0 saturated carbocycles. The first-order chi connectivity index (χ1) is 17.8. The number of rotatable bonds is 6. The molecule has 0 bridgehead atoms. The van der Waals surface area contributed by atoms with Crippen molar-refractivity contribution in [1.29, 1.82) is 0 Å². The predicted molar refractivity (Wildman–Crippen MR) is 142 cm³/mol. The highest BCUT2D eigenvalue weighted by Crippen LogP contribution is 2.37. The molecule has 2 aliphatic rings. The van der Waals surface area contributed by atoms with Gasteiger partial charge >= 0.3 is 5.97 Å². The Hall–Kier alpha value is -3.91. The Labute approximate surface area is 222 Å². The number of aliphatic carboxylic acids is 1. The van der Waals surface area contributed by atoms with Crippen molar-refractivity contribution in [2.24, 2.45) is 16.0 Å². The minimum atomic E-state index is -1.05. The average Bonchev–Trinajstić information content (AvgIpc) is 3.32. The standard InChI is InChI=1S/C29H24BrN3O4/c1-17-7-12-22-21(15-17)27(19-5-3-2-4-6-19)28(29(37)31-22)23-16-24(18-8-10-20(30)11-9-18)33(32-23)25(34)13-14-26(35)36/h2-12,15,24,28H,13-14,16H2,1H3,(H,35,36). The first kappa shape index (κ1) is 24.8. The normalized spacial score (nSPS) is 18.8. The van der Waals surface area contributed by atoms with Crippen LogP contribution in [0.5, 0.6) is 0 Å². The van der Waals surface area contributed by atoms with Gasteiger partial charge in [0.05, 0.1) is 23.5 Å². The Morgan fingerprint density at radius 3 is 2.46 bits per heavy atom. The third-order valence-electron chi connectivity index (χ3n) is 6.62. The fraction of sp³-hybridized carbons (Fsp3) is 0.207. The Morgan fingerprint density at radius 2 is 1.76 bits per heavy atom. The summed E-state index contributed by atoms with van der Waals surface area (Å²) in [5.74, 6) is -2.54. The van der Waals surface area contributed by atoms with E-state index >= 15 is 0 Å². The Kier molecular flexibility index (Phi) is 6.84. The first-order valence-electron chi connectivity index (χ1n) is 12.0. The molecule has 3 aromatic rings. The number of hydrogen-bond acceptors (Lipinski definition) is 4. The van der Waals surface area contributed by atoms with E-state index in [0.29, 0.717) is 17.5 Å². The van der Waals surface area contributed by atoms with Crippen molar-refractivity contribution in [2.75, 3.05) is 0 Å². The number of amides is 2. The second-order valence-electron chi connectivity index (χ2n) is 9.18. The van der Waals surface area contributed by atoms with Crippen molar-refractivity contribution >= 4 is 45.0 Å². The van der Waals surface area contributed by atoms with Gasteiger partial charge in [-0.2, -0.15) is 5.10 Å². The third-order valence-corrected chi connectivity index (χ3v) is 7.15. The van der Waals surface area contributed by atoms with Crippen LogP contribution in [-0.2, 0) is 14.4 Å². The van der Waals surface area contributed by atoms with Gasteiger partial charge in [0.25, 0.3) is 5.91 Å². The van der Waals surface area contributed by atoms with Gasteiger partial charge in [0, 0.05) is 22.5 Å². The van der Waals surface area contributed by atoms with Crippen molar-refractivity contribution in [3.8, 4) is 0 Å². The minimum absolute atomic E-state index is 0.181. The van der Waals surface area contributed by atoms with E-state index in [0.717, 1.165) is 32.0 Å². The van der Waals surface area contributed by atoms with Crippen molar-refractivity contribution in [3.05, 3.63) is 105 Å². The topological polar surface area (TPSA) is 99.4 Å². The molecule has 2 amide bonds. The van der Waals surface area contributed by atoms with Crippen molar-refractivity contribution in [3.63, 3.8) is 0 Å². The highest BCUT2D eigenvalue weighted by Gasteiger charge is 2.40. The van der Waals surface area contributed by atoms with Crippen LogP contribution in [0.3, 0.4) is 0 Å². The monoisotopic (exact) mass is 557 g/mol. The SMILES string of the molecule is Cc1ccc2c(c1)=C(c1ccccc1)C(C1=NN(C(=O)CCC(=O)O)C(c3ccc(Br)cc3)C1)C(=O)N=2. The summed E-state index contributed by atoms with van der Waals surface area (Å²) in [6.07, 6.45) is -0.137.